The Morgan fingerprint density at radius 1 is 0.920 bits per heavy atom. The number of fused-ring (bicyclic) bond motifs is 3. The van der Waals surface area contributed by atoms with Crippen LogP contribution in [0.1, 0.15) is 22.3 Å². The van der Waals surface area contributed by atoms with E-state index in [2.05, 4.69) is 38.1 Å². The Kier molecular flexibility index (Phi) is 10.2. The number of carbonyl (C=O) groups excluding carboxylic acids is 2. The van der Waals surface area contributed by atoms with Crippen LogP contribution in [-0.2, 0) is 27.2 Å². The third-order valence-electron chi connectivity index (χ3n) is 8.87. The summed E-state index contributed by atoms with van der Waals surface area (Å²) in [5, 5.41) is 6.01. The average molecular weight is 688 g/mol. The van der Waals surface area contributed by atoms with Crippen LogP contribution in [0, 0.1) is 13.8 Å². The predicted octanol–water partition coefficient (Wildman–Crippen LogP) is 6.45. The molecule has 9 nitrogen and oxygen atoms in total. The van der Waals surface area contributed by atoms with E-state index in [1.807, 2.05) is 92.8 Å². The number of anilines is 1. The second-order valence-corrected chi connectivity index (χ2v) is 13.9. The number of morpholine rings is 1. The highest BCUT2D eigenvalue weighted by atomic mass is 32.1. The molecular weight excluding hydrogens is 647 g/mol. The quantitative estimate of drug-likeness (QED) is 0.154. The number of rotatable bonds is 12. The van der Waals surface area contributed by atoms with E-state index in [0.717, 1.165) is 87.3 Å². The zero-order chi connectivity index (χ0) is 34.5. The van der Waals surface area contributed by atoms with E-state index >= 15 is 0 Å². The second kappa shape index (κ2) is 15.2. The Morgan fingerprint density at radius 3 is 2.44 bits per heavy atom. The lowest BCUT2D eigenvalue weighted by molar-refractivity contribution is -0.126. The first-order valence-electron chi connectivity index (χ1n) is 17.0. The lowest BCUT2D eigenvalue weighted by Crippen LogP contribution is -2.45. The number of benzene rings is 4. The van der Waals surface area contributed by atoms with Crippen molar-refractivity contribution in [1.29, 1.82) is 0 Å². The van der Waals surface area contributed by atoms with Gasteiger partial charge in [-0.1, -0.05) is 83.1 Å². The summed E-state index contributed by atoms with van der Waals surface area (Å²) in [7, 11) is 0. The summed E-state index contributed by atoms with van der Waals surface area (Å²) in [4.78, 5) is 34.9. The number of aryl methyl sites for hydroxylation is 2. The van der Waals surface area contributed by atoms with Gasteiger partial charge >= 0.3 is 0 Å². The van der Waals surface area contributed by atoms with Crippen molar-refractivity contribution in [3.63, 3.8) is 0 Å². The third-order valence-corrected chi connectivity index (χ3v) is 9.91. The third kappa shape index (κ3) is 8.22. The molecule has 3 heterocycles. The highest BCUT2D eigenvalue weighted by Crippen LogP contribution is 2.32. The first kappa shape index (κ1) is 33.5. The number of aromatic nitrogens is 2. The lowest BCUT2D eigenvalue weighted by Gasteiger charge is -2.26. The van der Waals surface area contributed by atoms with Gasteiger partial charge in [0, 0.05) is 49.6 Å². The zero-order valence-electron chi connectivity index (χ0n) is 28.4. The van der Waals surface area contributed by atoms with Crippen molar-refractivity contribution in [2.75, 3.05) is 44.8 Å². The number of carbonyl (C=O) groups is 2. The molecule has 1 aliphatic rings. The molecule has 0 bridgehead atoms. The Hall–Kier alpha value is -5.03. The molecule has 7 rings (SSSR count). The molecule has 10 heteroatoms. The topological polar surface area (TPSA) is 97.2 Å². The van der Waals surface area contributed by atoms with Gasteiger partial charge in [-0.25, -0.2) is 4.98 Å². The lowest BCUT2D eigenvalue weighted by atomic mass is 10.0. The van der Waals surface area contributed by atoms with Gasteiger partial charge in [-0.05, 0) is 49.2 Å². The summed E-state index contributed by atoms with van der Waals surface area (Å²) in [5.74, 6) is 0.375. The Bertz CT molecular complexity index is 2080. The molecule has 256 valence electrons. The van der Waals surface area contributed by atoms with Gasteiger partial charge in [0.05, 0.1) is 35.5 Å². The number of ether oxygens (including phenoxy) is 2. The van der Waals surface area contributed by atoms with Crippen LogP contribution < -0.4 is 15.4 Å². The summed E-state index contributed by atoms with van der Waals surface area (Å²) in [5.41, 5.74) is 7.58. The number of thiazole rings is 1. The second-order valence-electron chi connectivity index (χ2n) is 12.9. The van der Waals surface area contributed by atoms with Gasteiger partial charge < -0.3 is 20.1 Å². The molecule has 1 aliphatic heterocycles. The maximum Gasteiger partial charge on any atom is 0.247 e. The summed E-state index contributed by atoms with van der Waals surface area (Å²) in [6.45, 7) is 8.99. The molecule has 2 N–H and O–H groups in total. The monoisotopic (exact) mass is 687 g/mol. The van der Waals surface area contributed by atoms with Crippen molar-refractivity contribution in [3.05, 3.63) is 119 Å². The van der Waals surface area contributed by atoms with E-state index in [9.17, 15) is 9.59 Å². The molecule has 0 spiro atoms. The molecule has 0 radical (unpaired) electrons. The van der Waals surface area contributed by atoms with Crippen LogP contribution in [0.4, 0.5) is 5.69 Å². The van der Waals surface area contributed by atoms with Crippen molar-refractivity contribution in [3.8, 4) is 17.0 Å². The number of hydrogen-bond donors (Lipinski definition) is 2. The van der Waals surface area contributed by atoms with Crippen molar-refractivity contribution in [1.82, 2.24) is 19.6 Å². The van der Waals surface area contributed by atoms with E-state index < -0.39 is 6.04 Å². The van der Waals surface area contributed by atoms with Gasteiger partial charge in [0.1, 0.15) is 18.4 Å². The van der Waals surface area contributed by atoms with E-state index in [-0.39, 0.29) is 18.2 Å². The van der Waals surface area contributed by atoms with E-state index in [0.29, 0.717) is 18.7 Å². The molecule has 0 saturated carbocycles. The predicted molar refractivity (Wildman–Crippen MR) is 199 cm³/mol. The molecule has 1 atom stereocenters. The van der Waals surface area contributed by atoms with Gasteiger partial charge in [-0.3, -0.25) is 18.9 Å². The van der Waals surface area contributed by atoms with E-state index in [4.69, 9.17) is 14.5 Å². The van der Waals surface area contributed by atoms with Crippen LogP contribution in [0.25, 0.3) is 26.4 Å². The van der Waals surface area contributed by atoms with Gasteiger partial charge in [0.25, 0.3) is 0 Å². The number of amides is 2. The fourth-order valence-electron chi connectivity index (χ4n) is 6.44. The minimum Gasteiger partial charge on any atom is -0.492 e. The van der Waals surface area contributed by atoms with Crippen LogP contribution in [0.5, 0.6) is 5.75 Å². The number of nitrogens with one attached hydrogen (secondary N) is 2. The largest absolute Gasteiger partial charge is 0.492 e. The Balaban J connectivity index is 1.02. The van der Waals surface area contributed by atoms with Crippen molar-refractivity contribution >= 4 is 44.0 Å². The minimum absolute atomic E-state index is 0.194. The standard InChI is InChI=1S/C40H41N5O4S/c1-27-20-28(2)22-30(21-27)24-38(46)42-34(23-29-6-4-3-5-7-29)39(47)41-32-10-8-31(9-11-32)35-26-45-36-25-33(12-13-37(36)50-40(45)43-35)49-19-16-44-14-17-48-18-15-44/h3-13,20-22,25-26,34H,14-19,23-24H2,1-2H3,(H,41,47)(H,42,46). The molecule has 1 unspecified atom stereocenters. The Morgan fingerprint density at radius 2 is 1.68 bits per heavy atom. The maximum absolute atomic E-state index is 13.6. The van der Waals surface area contributed by atoms with E-state index in [1.54, 1.807) is 11.3 Å². The zero-order valence-corrected chi connectivity index (χ0v) is 29.2. The van der Waals surface area contributed by atoms with Crippen molar-refractivity contribution in [2.45, 2.75) is 32.7 Å². The summed E-state index contributed by atoms with van der Waals surface area (Å²) in [6.07, 6.45) is 2.63. The van der Waals surface area contributed by atoms with Gasteiger partial charge in [0.2, 0.25) is 11.8 Å². The van der Waals surface area contributed by atoms with Gasteiger partial charge in [-0.2, -0.15) is 0 Å². The summed E-state index contributed by atoms with van der Waals surface area (Å²) < 4.78 is 14.8. The smallest absolute Gasteiger partial charge is 0.247 e. The van der Waals surface area contributed by atoms with Crippen LogP contribution in [0.3, 0.4) is 0 Å². The van der Waals surface area contributed by atoms with Gasteiger partial charge in [0.15, 0.2) is 4.96 Å². The number of nitrogens with zero attached hydrogens (tertiary/aromatic N) is 3. The maximum atomic E-state index is 13.6. The first-order chi connectivity index (χ1) is 24.4. The molecule has 2 amide bonds. The molecule has 2 aromatic heterocycles. The SMILES string of the molecule is Cc1cc(C)cc(CC(=O)NC(Cc2ccccc2)C(=O)Nc2ccc(-c3cn4c(n3)sc3ccc(OCCN5CCOCC5)cc34)cc2)c1. The van der Waals surface area contributed by atoms with Crippen molar-refractivity contribution < 1.29 is 19.1 Å². The fraction of sp³-hybridized carbons (Fsp3) is 0.275. The number of imidazole rings is 1. The molecule has 0 aliphatic carbocycles. The normalized spacial score (nSPS) is 14.1. The molecule has 4 aromatic carbocycles. The van der Waals surface area contributed by atoms with Crippen molar-refractivity contribution in [2.24, 2.45) is 0 Å². The molecule has 1 fully saturated rings. The summed E-state index contributed by atoms with van der Waals surface area (Å²) in [6, 6.07) is 28.9. The molecule has 1 saturated heterocycles. The first-order valence-corrected chi connectivity index (χ1v) is 17.8. The molecule has 50 heavy (non-hydrogen) atoms. The minimum atomic E-state index is -0.739. The highest BCUT2D eigenvalue weighted by Gasteiger charge is 2.22. The summed E-state index contributed by atoms with van der Waals surface area (Å²) >= 11 is 1.64. The van der Waals surface area contributed by atoms with Crippen LogP contribution in [0.15, 0.2) is 97.2 Å². The number of hydrogen-bond acceptors (Lipinski definition) is 7. The average Bonchev–Trinajstić information content (AvgIpc) is 3.67. The van der Waals surface area contributed by atoms with Crippen LogP contribution in [-0.4, -0.2) is 71.6 Å². The van der Waals surface area contributed by atoms with E-state index in [1.165, 1.54) is 0 Å². The molecule has 6 aromatic rings. The Labute approximate surface area is 295 Å². The van der Waals surface area contributed by atoms with Crippen LogP contribution >= 0.6 is 11.3 Å². The highest BCUT2D eigenvalue weighted by molar-refractivity contribution is 7.23. The van der Waals surface area contributed by atoms with Crippen LogP contribution in [0.2, 0.25) is 0 Å². The molecular formula is C40H41N5O4S. The fourth-order valence-corrected chi connectivity index (χ4v) is 7.43. The van der Waals surface area contributed by atoms with Gasteiger partial charge in [-0.15, -0.1) is 0 Å².